The Bertz CT molecular complexity index is 701. The Labute approximate surface area is 157 Å². The molecule has 4 saturated carbocycles. The third kappa shape index (κ3) is 3.46. The lowest BCUT2D eigenvalue weighted by molar-refractivity contribution is -0.146. The molecular formula is C20H24ClFN2O2. The maximum absolute atomic E-state index is 13.0. The van der Waals surface area contributed by atoms with Crippen molar-refractivity contribution in [3.63, 3.8) is 0 Å². The summed E-state index contributed by atoms with van der Waals surface area (Å²) in [5.74, 6) is 1.59. The van der Waals surface area contributed by atoms with E-state index in [1.807, 2.05) is 0 Å². The molecular weight excluding hydrogens is 355 g/mol. The first kappa shape index (κ1) is 17.8. The molecule has 2 amide bonds. The lowest BCUT2D eigenvalue weighted by Crippen LogP contribution is -2.53. The average molecular weight is 379 g/mol. The van der Waals surface area contributed by atoms with Crippen LogP contribution in [0, 0.1) is 29.0 Å². The van der Waals surface area contributed by atoms with Crippen molar-refractivity contribution in [1.82, 2.24) is 5.32 Å². The van der Waals surface area contributed by atoms with Gasteiger partial charge in [-0.2, -0.15) is 0 Å². The number of nitrogens with one attached hydrogen (secondary N) is 2. The van der Waals surface area contributed by atoms with E-state index in [1.165, 1.54) is 31.4 Å². The van der Waals surface area contributed by atoms with Gasteiger partial charge in [0.1, 0.15) is 5.82 Å². The van der Waals surface area contributed by atoms with E-state index >= 15 is 0 Å². The first-order valence-electron chi connectivity index (χ1n) is 9.47. The number of halogens is 2. The number of anilines is 1. The van der Waals surface area contributed by atoms with Gasteiger partial charge in [-0.25, -0.2) is 4.39 Å². The van der Waals surface area contributed by atoms with Gasteiger partial charge in [-0.3, -0.25) is 9.59 Å². The summed E-state index contributed by atoms with van der Waals surface area (Å²) in [5.41, 5.74) is 0.191. The van der Waals surface area contributed by atoms with Crippen LogP contribution in [0.1, 0.15) is 44.9 Å². The highest BCUT2D eigenvalue weighted by molar-refractivity contribution is 6.33. The van der Waals surface area contributed by atoms with Crippen LogP contribution < -0.4 is 10.6 Å². The zero-order valence-corrected chi connectivity index (χ0v) is 15.4. The third-order valence-corrected chi connectivity index (χ3v) is 6.68. The van der Waals surface area contributed by atoms with Gasteiger partial charge in [-0.1, -0.05) is 11.6 Å². The van der Waals surface area contributed by atoms with Crippen LogP contribution in [0.3, 0.4) is 0 Å². The first-order chi connectivity index (χ1) is 12.4. The quantitative estimate of drug-likeness (QED) is 0.809. The summed E-state index contributed by atoms with van der Waals surface area (Å²) < 4.78 is 13.0. The molecule has 1 aromatic carbocycles. The van der Waals surface area contributed by atoms with Gasteiger partial charge in [0.2, 0.25) is 11.8 Å². The van der Waals surface area contributed by atoms with Crippen LogP contribution >= 0.6 is 11.6 Å². The van der Waals surface area contributed by atoms with Gasteiger partial charge in [-0.15, -0.1) is 0 Å². The minimum atomic E-state index is -0.448. The fourth-order valence-electron chi connectivity index (χ4n) is 5.67. The Morgan fingerprint density at radius 3 is 2.31 bits per heavy atom. The predicted molar refractivity (Wildman–Crippen MR) is 98.3 cm³/mol. The lowest BCUT2D eigenvalue weighted by Gasteiger charge is -2.55. The van der Waals surface area contributed by atoms with Crippen LogP contribution in [-0.4, -0.2) is 18.4 Å². The number of rotatable bonds is 5. The standard InChI is InChI=1S/C20H24ClFN2O2/c21-16-8-15(22)1-2-17(16)24-18(25)3-4-23-19(26)20-9-12-5-13(10-20)7-14(6-12)11-20/h1-2,8,12-14H,3-7,9-11H2,(H,23,26)(H,24,25). The van der Waals surface area contributed by atoms with Gasteiger partial charge < -0.3 is 10.6 Å². The summed E-state index contributed by atoms with van der Waals surface area (Å²) in [6.45, 7) is 0.311. The Kier molecular flexibility index (Phi) is 4.68. The molecule has 0 aliphatic heterocycles. The number of carbonyl (C=O) groups is 2. The van der Waals surface area contributed by atoms with Crippen LogP contribution in [0.25, 0.3) is 0 Å². The molecule has 0 spiro atoms. The predicted octanol–water partition coefficient (Wildman–Crippen LogP) is 4.14. The van der Waals surface area contributed by atoms with E-state index in [1.54, 1.807) is 0 Å². The average Bonchev–Trinajstić information content (AvgIpc) is 2.56. The van der Waals surface area contributed by atoms with Crippen molar-refractivity contribution in [2.45, 2.75) is 44.9 Å². The zero-order chi connectivity index (χ0) is 18.3. The molecule has 26 heavy (non-hydrogen) atoms. The van der Waals surface area contributed by atoms with Crippen molar-refractivity contribution in [3.8, 4) is 0 Å². The molecule has 1 aromatic rings. The second-order valence-electron chi connectivity index (χ2n) is 8.38. The zero-order valence-electron chi connectivity index (χ0n) is 14.7. The van der Waals surface area contributed by atoms with E-state index in [0.29, 0.717) is 12.2 Å². The molecule has 0 atom stereocenters. The van der Waals surface area contributed by atoms with E-state index in [-0.39, 0.29) is 28.7 Å². The van der Waals surface area contributed by atoms with Crippen molar-refractivity contribution in [2.75, 3.05) is 11.9 Å². The van der Waals surface area contributed by atoms with Gasteiger partial charge in [0, 0.05) is 18.4 Å². The summed E-state index contributed by atoms with van der Waals surface area (Å²) in [5, 5.41) is 5.81. The van der Waals surface area contributed by atoms with E-state index in [9.17, 15) is 14.0 Å². The van der Waals surface area contributed by atoms with Gasteiger partial charge in [0.25, 0.3) is 0 Å². The number of benzene rings is 1. The molecule has 0 heterocycles. The molecule has 0 radical (unpaired) electrons. The van der Waals surface area contributed by atoms with E-state index < -0.39 is 5.82 Å². The van der Waals surface area contributed by atoms with Crippen molar-refractivity contribution >= 4 is 29.1 Å². The molecule has 140 valence electrons. The monoisotopic (exact) mass is 378 g/mol. The molecule has 0 aromatic heterocycles. The topological polar surface area (TPSA) is 58.2 Å². The molecule has 4 aliphatic carbocycles. The number of carbonyl (C=O) groups excluding carboxylic acids is 2. The lowest BCUT2D eigenvalue weighted by atomic mass is 9.49. The second-order valence-corrected chi connectivity index (χ2v) is 8.78. The largest absolute Gasteiger partial charge is 0.355 e. The Morgan fingerprint density at radius 2 is 1.73 bits per heavy atom. The van der Waals surface area contributed by atoms with Gasteiger partial charge in [0.05, 0.1) is 10.7 Å². The normalized spacial score (nSPS) is 31.7. The Balaban J connectivity index is 1.28. The smallest absolute Gasteiger partial charge is 0.226 e. The van der Waals surface area contributed by atoms with Crippen LogP contribution in [0.4, 0.5) is 10.1 Å². The highest BCUT2D eigenvalue weighted by Crippen LogP contribution is 2.60. The van der Waals surface area contributed by atoms with E-state index in [0.717, 1.165) is 43.1 Å². The highest BCUT2D eigenvalue weighted by atomic mass is 35.5. The summed E-state index contributed by atoms with van der Waals surface area (Å²) in [7, 11) is 0. The number of hydrogen-bond donors (Lipinski definition) is 2. The summed E-state index contributed by atoms with van der Waals surface area (Å²) in [6.07, 6.45) is 7.12. The minimum absolute atomic E-state index is 0.129. The Hall–Kier alpha value is -1.62. The van der Waals surface area contributed by atoms with Crippen LogP contribution in [0.2, 0.25) is 5.02 Å². The van der Waals surface area contributed by atoms with Crippen molar-refractivity contribution < 1.29 is 14.0 Å². The maximum atomic E-state index is 13.0. The number of hydrogen-bond acceptors (Lipinski definition) is 2. The molecule has 4 nitrogen and oxygen atoms in total. The molecule has 0 unspecified atom stereocenters. The maximum Gasteiger partial charge on any atom is 0.226 e. The van der Waals surface area contributed by atoms with Crippen LogP contribution in [0.15, 0.2) is 18.2 Å². The third-order valence-electron chi connectivity index (χ3n) is 6.36. The van der Waals surface area contributed by atoms with E-state index in [4.69, 9.17) is 11.6 Å². The molecule has 6 heteroatoms. The van der Waals surface area contributed by atoms with Crippen molar-refractivity contribution in [2.24, 2.45) is 23.2 Å². The highest BCUT2D eigenvalue weighted by Gasteiger charge is 2.54. The van der Waals surface area contributed by atoms with Crippen LogP contribution in [-0.2, 0) is 9.59 Å². The first-order valence-corrected chi connectivity index (χ1v) is 9.84. The molecule has 4 bridgehead atoms. The fourth-order valence-corrected chi connectivity index (χ4v) is 5.88. The van der Waals surface area contributed by atoms with E-state index in [2.05, 4.69) is 10.6 Å². The molecule has 2 N–H and O–H groups in total. The summed E-state index contributed by atoms with van der Waals surface area (Å²) in [6, 6.07) is 3.84. The molecule has 4 aliphatic rings. The Morgan fingerprint density at radius 1 is 1.12 bits per heavy atom. The van der Waals surface area contributed by atoms with Gasteiger partial charge >= 0.3 is 0 Å². The SMILES string of the molecule is O=C(CCNC(=O)C12CC3CC(CC(C3)C1)C2)Nc1ccc(F)cc1Cl. The molecule has 4 fully saturated rings. The van der Waals surface area contributed by atoms with Crippen molar-refractivity contribution in [1.29, 1.82) is 0 Å². The minimum Gasteiger partial charge on any atom is -0.355 e. The fraction of sp³-hybridized carbons (Fsp3) is 0.600. The summed E-state index contributed by atoms with van der Waals surface area (Å²) >= 11 is 5.91. The second kappa shape index (κ2) is 6.84. The summed E-state index contributed by atoms with van der Waals surface area (Å²) in [4.78, 5) is 24.9. The van der Waals surface area contributed by atoms with Crippen LogP contribution in [0.5, 0.6) is 0 Å². The molecule has 0 saturated heterocycles. The van der Waals surface area contributed by atoms with Gasteiger partial charge in [0.15, 0.2) is 0 Å². The van der Waals surface area contributed by atoms with Gasteiger partial charge in [-0.05, 0) is 74.5 Å². The number of amides is 2. The molecule has 5 rings (SSSR count). The van der Waals surface area contributed by atoms with Crippen molar-refractivity contribution in [3.05, 3.63) is 29.0 Å².